The Labute approximate surface area is 173 Å². The van der Waals surface area contributed by atoms with Crippen LogP contribution in [0.25, 0.3) is 22.6 Å². The van der Waals surface area contributed by atoms with E-state index < -0.39 is 23.4 Å². The number of nitrogens with zero attached hydrogens (tertiary/aromatic N) is 6. The molecule has 158 valence electrons. The van der Waals surface area contributed by atoms with Gasteiger partial charge in [0.05, 0.1) is 30.4 Å². The lowest BCUT2D eigenvalue weighted by Gasteiger charge is -2.12. The molecule has 0 bridgehead atoms. The Morgan fingerprint density at radius 1 is 1.10 bits per heavy atom. The van der Waals surface area contributed by atoms with Gasteiger partial charge in [-0.05, 0) is 43.3 Å². The standard InChI is InChI=1S/C20H15F3N6O2/c1-2-31-19(30)16-11-25-29(18(16)20(21,22)23)15-7-5-14(6-8-15)28-12-17(26-27-28)13-4-3-9-24-10-13/h3-12H,2H2,1H3. The van der Waals surface area contributed by atoms with E-state index in [2.05, 4.69) is 20.4 Å². The second-order valence-corrected chi connectivity index (χ2v) is 6.34. The minimum absolute atomic E-state index is 0.0467. The first-order chi connectivity index (χ1) is 14.9. The number of carbonyl (C=O) groups is 1. The van der Waals surface area contributed by atoms with Crippen molar-refractivity contribution in [3.05, 3.63) is 72.4 Å². The Balaban J connectivity index is 1.66. The van der Waals surface area contributed by atoms with E-state index in [9.17, 15) is 18.0 Å². The van der Waals surface area contributed by atoms with Crippen molar-refractivity contribution in [1.82, 2.24) is 29.8 Å². The third-order valence-electron chi connectivity index (χ3n) is 4.34. The molecule has 1 aromatic carbocycles. The van der Waals surface area contributed by atoms with Crippen molar-refractivity contribution in [2.75, 3.05) is 6.61 Å². The number of carbonyl (C=O) groups excluding carboxylic acids is 1. The molecular formula is C20H15F3N6O2. The SMILES string of the molecule is CCOC(=O)c1cnn(-c2ccc(-n3cc(-c4cccnc4)nn3)cc2)c1C(F)(F)F. The Kier molecular flexibility index (Phi) is 5.24. The van der Waals surface area contributed by atoms with E-state index in [1.807, 2.05) is 6.07 Å². The van der Waals surface area contributed by atoms with E-state index in [-0.39, 0.29) is 12.3 Å². The summed E-state index contributed by atoms with van der Waals surface area (Å²) in [6.07, 6.45) is 1.02. The van der Waals surface area contributed by atoms with Gasteiger partial charge in [-0.3, -0.25) is 4.98 Å². The molecule has 0 aliphatic rings. The van der Waals surface area contributed by atoms with Gasteiger partial charge in [0.15, 0.2) is 5.69 Å². The van der Waals surface area contributed by atoms with Crippen LogP contribution in [0.1, 0.15) is 23.0 Å². The third-order valence-corrected chi connectivity index (χ3v) is 4.34. The van der Waals surface area contributed by atoms with Crippen LogP contribution in [-0.4, -0.2) is 42.3 Å². The normalized spacial score (nSPS) is 11.5. The fourth-order valence-electron chi connectivity index (χ4n) is 2.96. The zero-order chi connectivity index (χ0) is 22.0. The van der Waals surface area contributed by atoms with Crippen LogP contribution in [0.2, 0.25) is 0 Å². The zero-order valence-electron chi connectivity index (χ0n) is 16.1. The predicted molar refractivity (Wildman–Crippen MR) is 103 cm³/mol. The maximum atomic E-state index is 13.6. The topological polar surface area (TPSA) is 87.7 Å². The van der Waals surface area contributed by atoms with Crippen LogP contribution >= 0.6 is 0 Å². The van der Waals surface area contributed by atoms with E-state index in [0.29, 0.717) is 16.1 Å². The van der Waals surface area contributed by atoms with Gasteiger partial charge in [-0.1, -0.05) is 5.21 Å². The molecule has 4 aromatic rings. The molecule has 0 spiro atoms. The Morgan fingerprint density at radius 2 is 1.84 bits per heavy atom. The number of halogens is 3. The summed E-state index contributed by atoms with van der Waals surface area (Å²) in [4.78, 5) is 15.9. The molecule has 0 fully saturated rings. The van der Waals surface area contributed by atoms with Crippen LogP contribution in [0.5, 0.6) is 0 Å². The maximum Gasteiger partial charge on any atom is 0.434 e. The first kappa shape index (κ1) is 20.3. The highest BCUT2D eigenvalue weighted by Crippen LogP contribution is 2.34. The molecule has 0 atom stereocenters. The van der Waals surface area contributed by atoms with Gasteiger partial charge in [-0.2, -0.15) is 18.3 Å². The highest BCUT2D eigenvalue weighted by molar-refractivity contribution is 5.90. The number of esters is 1. The molecule has 0 amide bonds. The average molecular weight is 428 g/mol. The molecule has 0 saturated carbocycles. The molecule has 4 rings (SSSR count). The fourth-order valence-corrected chi connectivity index (χ4v) is 2.96. The quantitative estimate of drug-likeness (QED) is 0.451. The summed E-state index contributed by atoms with van der Waals surface area (Å²) < 4.78 is 47.8. The van der Waals surface area contributed by atoms with Gasteiger partial charge >= 0.3 is 12.1 Å². The maximum absolute atomic E-state index is 13.6. The number of pyridine rings is 1. The Bertz CT molecular complexity index is 1200. The number of aromatic nitrogens is 6. The number of rotatable bonds is 5. The molecule has 0 aliphatic heterocycles. The highest BCUT2D eigenvalue weighted by atomic mass is 19.4. The summed E-state index contributed by atoms with van der Waals surface area (Å²) in [5.41, 5.74) is 0.247. The van der Waals surface area contributed by atoms with Gasteiger partial charge in [0.2, 0.25) is 0 Å². The van der Waals surface area contributed by atoms with Gasteiger partial charge in [0.1, 0.15) is 11.3 Å². The molecule has 3 heterocycles. The van der Waals surface area contributed by atoms with E-state index in [4.69, 9.17) is 4.74 Å². The molecular weight excluding hydrogens is 413 g/mol. The fraction of sp³-hybridized carbons (Fsp3) is 0.150. The van der Waals surface area contributed by atoms with Crippen molar-refractivity contribution in [3.8, 4) is 22.6 Å². The number of alkyl halides is 3. The summed E-state index contributed by atoms with van der Waals surface area (Å²) in [6, 6.07) is 9.64. The lowest BCUT2D eigenvalue weighted by molar-refractivity contribution is -0.143. The first-order valence-electron chi connectivity index (χ1n) is 9.14. The van der Waals surface area contributed by atoms with E-state index in [0.717, 1.165) is 11.8 Å². The molecule has 0 aliphatic carbocycles. The zero-order valence-corrected chi connectivity index (χ0v) is 16.1. The van der Waals surface area contributed by atoms with Crippen molar-refractivity contribution in [2.24, 2.45) is 0 Å². The molecule has 0 radical (unpaired) electrons. The van der Waals surface area contributed by atoms with E-state index in [1.165, 1.54) is 23.7 Å². The Morgan fingerprint density at radius 3 is 2.48 bits per heavy atom. The lowest BCUT2D eigenvalue weighted by Crippen LogP contribution is -2.18. The second-order valence-electron chi connectivity index (χ2n) is 6.34. The van der Waals surface area contributed by atoms with Crippen molar-refractivity contribution in [2.45, 2.75) is 13.1 Å². The minimum Gasteiger partial charge on any atom is -0.462 e. The molecule has 11 heteroatoms. The highest BCUT2D eigenvalue weighted by Gasteiger charge is 2.41. The van der Waals surface area contributed by atoms with Gasteiger partial charge < -0.3 is 4.74 Å². The van der Waals surface area contributed by atoms with Crippen LogP contribution < -0.4 is 0 Å². The average Bonchev–Trinajstić information content (AvgIpc) is 3.42. The van der Waals surface area contributed by atoms with Crippen molar-refractivity contribution in [3.63, 3.8) is 0 Å². The van der Waals surface area contributed by atoms with Crippen LogP contribution in [0.3, 0.4) is 0 Å². The monoisotopic (exact) mass is 428 g/mol. The third kappa shape index (κ3) is 4.02. The number of ether oxygens (including phenoxy) is 1. The molecule has 31 heavy (non-hydrogen) atoms. The molecule has 0 saturated heterocycles. The smallest absolute Gasteiger partial charge is 0.434 e. The Hall–Kier alpha value is -4.02. The second kappa shape index (κ2) is 8.01. The van der Waals surface area contributed by atoms with Crippen LogP contribution in [0.4, 0.5) is 13.2 Å². The number of hydrogen-bond acceptors (Lipinski definition) is 6. The van der Waals surface area contributed by atoms with Gasteiger partial charge in [0, 0.05) is 18.0 Å². The van der Waals surface area contributed by atoms with Crippen LogP contribution in [-0.2, 0) is 10.9 Å². The number of benzene rings is 1. The largest absolute Gasteiger partial charge is 0.462 e. The van der Waals surface area contributed by atoms with Crippen molar-refractivity contribution < 1.29 is 22.7 Å². The molecule has 0 unspecified atom stereocenters. The number of hydrogen-bond donors (Lipinski definition) is 0. The van der Waals surface area contributed by atoms with Gasteiger partial charge in [-0.25, -0.2) is 14.2 Å². The van der Waals surface area contributed by atoms with Crippen LogP contribution in [0, 0.1) is 0 Å². The van der Waals surface area contributed by atoms with E-state index in [1.54, 1.807) is 36.8 Å². The minimum atomic E-state index is -4.80. The van der Waals surface area contributed by atoms with E-state index >= 15 is 0 Å². The summed E-state index contributed by atoms with van der Waals surface area (Å²) in [5, 5.41) is 11.9. The summed E-state index contributed by atoms with van der Waals surface area (Å²) >= 11 is 0. The molecule has 8 nitrogen and oxygen atoms in total. The lowest BCUT2D eigenvalue weighted by atomic mass is 10.2. The van der Waals surface area contributed by atoms with Crippen molar-refractivity contribution >= 4 is 5.97 Å². The summed E-state index contributed by atoms with van der Waals surface area (Å²) in [5.74, 6) is -1.08. The predicted octanol–water partition coefficient (Wildman–Crippen LogP) is 3.71. The van der Waals surface area contributed by atoms with Crippen LogP contribution in [0.15, 0.2) is 61.2 Å². The summed E-state index contributed by atoms with van der Waals surface area (Å²) in [7, 11) is 0. The van der Waals surface area contributed by atoms with Gasteiger partial charge in [0.25, 0.3) is 0 Å². The first-order valence-corrected chi connectivity index (χ1v) is 9.14. The van der Waals surface area contributed by atoms with Crippen molar-refractivity contribution in [1.29, 1.82) is 0 Å². The van der Waals surface area contributed by atoms with Gasteiger partial charge in [-0.15, -0.1) is 5.10 Å². The molecule has 3 aromatic heterocycles. The molecule has 0 N–H and O–H groups in total. The summed E-state index contributed by atoms with van der Waals surface area (Å²) in [6.45, 7) is 1.47.